The van der Waals surface area contributed by atoms with Crippen molar-refractivity contribution < 1.29 is 4.79 Å². The van der Waals surface area contributed by atoms with Crippen LogP contribution in [0.3, 0.4) is 0 Å². The maximum atomic E-state index is 11.1. The van der Waals surface area contributed by atoms with Crippen molar-refractivity contribution in [2.75, 3.05) is 0 Å². The molecule has 1 heterocycles. The number of nitrogens with zero attached hydrogens (tertiary/aromatic N) is 2. The minimum Gasteiger partial charge on any atom is -0.366 e. The van der Waals surface area contributed by atoms with Crippen molar-refractivity contribution in [2.24, 2.45) is 11.5 Å². The Kier molecular flexibility index (Phi) is 4.01. The summed E-state index contributed by atoms with van der Waals surface area (Å²) < 4.78 is 2.67. The topological polar surface area (TPSA) is 86.9 Å². The monoisotopic (exact) mass is 322 g/mol. The van der Waals surface area contributed by atoms with Crippen molar-refractivity contribution in [3.05, 3.63) is 52.3 Å². The highest BCUT2D eigenvalue weighted by Gasteiger charge is 2.20. The highest BCUT2D eigenvalue weighted by Crippen LogP contribution is 2.22. The summed E-state index contributed by atoms with van der Waals surface area (Å²) in [5.74, 6) is -0.495. The highest BCUT2D eigenvalue weighted by atomic mass is 79.9. The Balaban J connectivity index is 2.39. The van der Waals surface area contributed by atoms with Crippen molar-refractivity contribution >= 4 is 21.8 Å². The summed E-state index contributed by atoms with van der Waals surface area (Å²) in [5, 5.41) is 4.18. The van der Waals surface area contributed by atoms with E-state index < -0.39 is 5.91 Å². The number of carbonyl (C=O) groups excluding carboxylic acids is 1. The van der Waals surface area contributed by atoms with E-state index in [0.717, 1.165) is 10.0 Å². The number of hydrogen-bond acceptors (Lipinski definition) is 3. The molecule has 0 aliphatic heterocycles. The summed E-state index contributed by atoms with van der Waals surface area (Å²) in [6.45, 7) is 1.90. The first-order valence-electron chi connectivity index (χ1n) is 5.84. The fraction of sp³-hybridized carbons (Fsp3) is 0.231. The number of benzene rings is 1. The van der Waals surface area contributed by atoms with Gasteiger partial charge in [-0.05, 0) is 24.6 Å². The summed E-state index contributed by atoms with van der Waals surface area (Å²) >= 11 is 3.40. The fourth-order valence-electron chi connectivity index (χ4n) is 1.97. The van der Waals surface area contributed by atoms with Crippen molar-refractivity contribution in [3.8, 4) is 0 Å². The maximum Gasteiger partial charge on any atom is 0.251 e. The van der Waals surface area contributed by atoms with Crippen molar-refractivity contribution in [1.29, 1.82) is 0 Å². The number of primary amides is 1. The van der Waals surface area contributed by atoms with Crippen molar-refractivity contribution in [3.63, 3.8) is 0 Å². The molecule has 0 aliphatic rings. The molecule has 0 fully saturated rings. The summed E-state index contributed by atoms with van der Waals surface area (Å²) in [4.78, 5) is 11.1. The lowest BCUT2D eigenvalue weighted by Crippen LogP contribution is -2.30. The number of amides is 1. The molecule has 0 spiro atoms. The van der Waals surface area contributed by atoms with Crippen molar-refractivity contribution in [1.82, 2.24) is 9.78 Å². The molecule has 0 saturated heterocycles. The molecule has 0 aliphatic carbocycles. The van der Waals surface area contributed by atoms with Crippen LogP contribution in [-0.4, -0.2) is 21.7 Å². The first-order valence-corrected chi connectivity index (χ1v) is 6.63. The van der Waals surface area contributed by atoms with Gasteiger partial charge in [0.1, 0.15) is 0 Å². The Hall–Kier alpha value is -1.66. The van der Waals surface area contributed by atoms with E-state index >= 15 is 0 Å². The first-order chi connectivity index (χ1) is 8.99. The van der Waals surface area contributed by atoms with E-state index in [9.17, 15) is 4.79 Å². The standard InChI is InChI=1S/C13H15BrN4O/c1-8(15)12(9-2-4-11(14)5-3-9)18-7-10(6-17-18)13(16)19/h2-8,12H,15H2,1H3,(H2,16,19). The molecule has 4 N–H and O–H groups in total. The molecular weight excluding hydrogens is 308 g/mol. The van der Waals surface area contributed by atoms with E-state index in [1.807, 2.05) is 31.2 Å². The number of carbonyl (C=O) groups is 1. The molecule has 100 valence electrons. The number of rotatable bonds is 4. The number of aromatic nitrogens is 2. The zero-order valence-corrected chi connectivity index (χ0v) is 12.0. The molecular formula is C13H15BrN4O. The third-order valence-corrected chi connectivity index (χ3v) is 3.41. The lowest BCUT2D eigenvalue weighted by atomic mass is 10.0. The van der Waals surface area contributed by atoms with Crippen LogP contribution in [0, 0.1) is 0 Å². The normalized spacial score (nSPS) is 14.1. The molecule has 6 heteroatoms. The van der Waals surface area contributed by atoms with Crippen LogP contribution < -0.4 is 11.5 Å². The average molecular weight is 323 g/mol. The SMILES string of the molecule is CC(N)C(c1ccc(Br)cc1)n1cc(C(N)=O)cn1. The van der Waals surface area contributed by atoms with E-state index in [1.165, 1.54) is 6.20 Å². The fourth-order valence-corrected chi connectivity index (χ4v) is 2.24. The minimum absolute atomic E-state index is 0.138. The molecule has 2 atom stereocenters. The predicted molar refractivity (Wildman–Crippen MR) is 76.7 cm³/mol. The minimum atomic E-state index is -0.495. The van der Waals surface area contributed by atoms with E-state index in [4.69, 9.17) is 11.5 Å². The number of halogens is 1. The summed E-state index contributed by atoms with van der Waals surface area (Å²) in [6, 6.07) is 7.56. The summed E-state index contributed by atoms with van der Waals surface area (Å²) in [6.07, 6.45) is 3.08. The third kappa shape index (κ3) is 3.02. The van der Waals surface area contributed by atoms with Crippen LogP contribution in [-0.2, 0) is 0 Å². The van der Waals surface area contributed by atoms with Crippen LogP contribution in [0.15, 0.2) is 41.1 Å². The Morgan fingerprint density at radius 1 is 1.37 bits per heavy atom. The molecule has 0 bridgehead atoms. The van der Waals surface area contributed by atoms with E-state index in [-0.39, 0.29) is 12.1 Å². The van der Waals surface area contributed by atoms with Gasteiger partial charge in [0.25, 0.3) is 5.91 Å². The van der Waals surface area contributed by atoms with Gasteiger partial charge in [-0.1, -0.05) is 28.1 Å². The van der Waals surface area contributed by atoms with Gasteiger partial charge in [-0.15, -0.1) is 0 Å². The Bertz CT molecular complexity index is 577. The second-order valence-corrected chi connectivity index (χ2v) is 5.34. The molecule has 0 radical (unpaired) electrons. The van der Waals surface area contributed by atoms with Gasteiger partial charge in [-0.2, -0.15) is 5.10 Å². The first kappa shape index (κ1) is 13.8. The molecule has 5 nitrogen and oxygen atoms in total. The summed E-state index contributed by atoms with van der Waals surface area (Å²) in [5.41, 5.74) is 12.7. The molecule has 19 heavy (non-hydrogen) atoms. The van der Waals surface area contributed by atoms with Gasteiger partial charge >= 0.3 is 0 Å². The van der Waals surface area contributed by atoms with Crippen LogP contribution >= 0.6 is 15.9 Å². The van der Waals surface area contributed by atoms with Crippen LogP contribution in [0.5, 0.6) is 0 Å². The summed E-state index contributed by atoms with van der Waals surface area (Å²) in [7, 11) is 0. The van der Waals surface area contributed by atoms with Gasteiger partial charge in [0.2, 0.25) is 0 Å². The second kappa shape index (κ2) is 5.54. The van der Waals surface area contributed by atoms with Crippen LogP contribution in [0.2, 0.25) is 0 Å². The molecule has 1 amide bonds. The Labute approximate surface area is 119 Å². The third-order valence-electron chi connectivity index (χ3n) is 2.88. The lowest BCUT2D eigenvalue weighted by Gasteiger charge is -2.21. The molecule has 0 saturated carbocycles. The Morgan fingerprint density at radius 3 is 2.47 bits per heavy atom. The zero-order chi connectivity index (χ0) is 14.0. The second-order valence-electron chi connectivity index (χ2n) is 4.43. The van der Waals surface area contributed by atoms with Crippen molar-refractivity contribution in [2.45, 2.75) is 19.0 Å². The molecule has 2 aromatic rings. The van der Waals surface area contributed by atoms with E-state index in [0.29, 0.717) is 5.56 Å². The molecule has 2 rings (SSSR count). The van der Waals surface area contributed by atoms with Gasteiger partial charge in [0.15, 0.2) is 0 Å². The van der Waals surface area contributed by atoms with Gasteiger partial charge < -0.3 is 11.5 Å². The van der Waals surface area contributed by atoms with Crippen LogP contribution in [0.4, 0.5) is 0 Å². The Morgan fingerprint density at radius 2 is 2.00 bits per heavy atom. The quantitative estimate of drug-likeness (QED) is 0.897. The smallest absolute Gasteiger partial charge is 0.251 e. The largest absolute Gasteiger partial charge is 0.366 e. The van der Waals surface area contributed by atoms with E-state index in [1.54, 1.807) is 10.9 Å². The van der Waals surface area contributed by atoms with Crippen LogP contribution in [0.25, 0.3) is 0 Å². The number of hydrogen-bond donors (Lipinski definition) is 2. The van der Waals surface area contributed by atoms with Gasteiger partial charge in [0, 0.05) is 16.7 Å². The number of nitrogens with two attached hydrogens (primary N) is 2. The molecule has 1 aromatic heterocycles. The molecule has 2 unspecified atom stereocenters. The van der Waals surface area contributed by atoms with Gasteiger partial charge in [-0.25, -0.2) is 0 Å². The zero-order valence-electron chi connectivity index (χ0n) is 10.5. The van der Waals surface area contributed by atoms with Gasteiger partial charge in [0.05, 0.1) is 17.8 Å². The maximum absolute atomic E-state index is 11.1. The van der Waals surface area contributed by atoms with Crippen LogP contribution in [0.1, 0.15) is 28.9 Å². The van der Waals surface area contributed by atoms with Gasteiger partial charge in [-0.3, -0.25) is 9.48 Å². The lowest BCUT2D eigenvalue weighted by molar-refractivity contribution is 0.1000. The predicted octanol–water partition coefficient (Wildman–Crippen LogP) is 1.68. The average Bonchev–Trinajstić information content (AvgIpc) is 2.81. The highest BCUT2D eigenvalue weighted by molar-refractivity contribution is 9.10. The van der Waals surface area contributed by atoms with E-state index in [2.05, 4.69) is 21.0 Å². The molecule has 1 aromatic carbocycles.